The van der Waals surface area contributed by atoms with Crippen molar-refractivity contribution in [2.75, 3.05) is 13.1 Å². The molecule has 0 atom stereocenters. The summed E-state index contributed by atoms with van der Waals surface area (Å²) >= 11 is 0. The third-order valence-corrected chi connectivity index (χ3v) is 3.38. The molecule has 0 aliphatic rings. The van der Waals surface area contributed by atoms with E-state index in [1.54, 1.807) is 4.90 Å². The number of hydrogen-bond donors (Lipinski definition) is 0. The van der Waals surface area contributed by atoms with Crippen molar-refractivity contribution in [3.8, 4) is 0 Å². The minimum absolute atomic E-state index is 0.0571. The predicted octanol–water partition coefficient (Wildman–Crippen LogP) is 3.13. The summed E-state index contributed by atoms with van der Waals surface area (Å²) in [6.07, 6.45) is 0.591. The highest BCUT2D eigenvalue weighted by Gasteiger charge is 2.14. The van der Waals surface area contributed by atoms with E-state index in [0.717, 1.165) is 16.7 Å². The largest absolute Gasteiger partial charge is 0.343 e. The third kappa shape index (κ3) is 4.19. The minimum atomic E-state index is 0.0571. The number of aryl methyl sites for hydroxylation is 2. The van der Waals surface area contributed by atoms with Crippen LogP contribution in [-0.4, -0.2) is 29.7 Å². The van der Waals surface area contributed by atoms with Crippen LogP contribution >= 0.6 is 0 Å². The van der Waals surface area contributed by atoms with Crippen molar-refractivity contribution >= 4 is 11.7 Å². The number of Topliss-reactive ketones (excluding diaryl/α,β-unsaturated/α-hetero) is 1. The van der Waals surface area contributed by atoms with Crippen LogP contribution in [0.2, 0.25) is 0 Å². The summed E-state index contributed by atoms with van der Waals surface area (Å²) in [7, 11) is 0. The molecule has 1 amide bonds. The van der Waals surface area contributed by atoms with Gasteiger partial charge in [-0.25, -0.2) is 0 Å². The number of amides is 1. The van der Waals surface area contributed by atoms with E-state index < -0.39 is 0 Å². The Morgan fingerprint density at radius 3 is 2.26 bits per heavy atom. The van der Waals surface area contributed by atoms with Crippen LogP contribution in [0, 0.1) is 13.8 Å². The molecule has 3 nitrogen and oxygen atoms in total. The molecule has 0 fully saturated rings. The smallest absolute Gasteiger partial charge is 0.223 e. The molecular formula is C16H23NO2. The Kier molecular flexibility index (Phi) is 5.74. The lowest BCUT2D eigenvalue weighted by molar-refractivity contribution is -0.130. The number of rotatable bonds is 6. The topological polar surface area (TPSA) is 37.4 Å². The fourth-order valence-corrected chi connectivity index (χ4v) is 2.13. The molecule has 1 aromatic carbocycles. The first-order valence-electron chi connectivity index (χ1n) is 6.87. The number of hydrogen-bond acceptors (Lipinski definition) is 2. The molecule has 0 saturated carbocycles. The number of ketones is 1. The maximum atomic E-state index is 12.2. The van der Waals surface area contributed by atoms with Crippen LogP contribution in [0.4, 0.5) is 0 Å². The molecule has 0 aromatic heterocycles. The lowest BCUT2D eigenvalue weighted by Crippen LogP contribution is -2.30. The van der Waals surface area contributed by atoms with Gasteiger partial charge in [0.25, 0.3) is 0 Å². The van der Waals surface area contributed by atoms with Gasteiger partial charge < -0.3 is 4.90 Å². The maximum Gasteiger partial charge on any atom is 0.223 e. The lowest BCUT2D eigenvalue weighted by Gasteiger charge is -2.18. The van der Waals surface area contributed by atoms with Gasteiger partial charge in [-0.05, 0) is 39.3 Å². The van der Waals surface area contributed by atoms with E-state index >= 15 is 0 Å². The van der Waals surface area contributed by atoms with Crippen molar-refractivity contribution in [2.45, 2.75) is 40.5 Å². The second kappa shape index (κ2) is 7.07. The molecule has 0 bridgehead atoms. The Morgan fingerprint density at radius 1 is 1.05 bits per heavy atom. The fraction of sp³-hybridized carbons (Fsp3) is 0.500. The summed E-state index contributed by atoms with van der Waals surface area (Å²) in [5, 5.41) is 0. The second-order valence-electron chi connectivity index (χ2n) is 4.81. The first-order valence-corrected chi connectivity index (χ1v) is 6.87. The van der Waals surface area contributed by atoms with Crippen molar-refractivity contribution in [3.05, 3.63) is 34.9 Å². The summed E-state index contributed by atoms with van der Waals surface area (Å²) in [6.45, 7) is 9.21. The zero-order chi connectivity index (χ0) is 14.4. The van der Waals surface area contributed by atoms with Crippen LogP contribution < -0.4 is 0 Å². The summed E-state index contributed by atoms with van der Waals surface area (Å²) in [5.41, 5.74) is 2.79. The van der Waals surface area contributed by atoms with E-state index in [1.165, 1.54) is 0 Å². The van der Waals surface area contributed by atoms with E-state index in [4.69, 9.17) is 0 Å². The normalized spacial score (nSPS) is 10.3. The van der Waals surface area contributed by atoms with E-state index in [9.17, 15) is 9.59 Å². The standard InChI is InChI=1S/C16H23NO2/c1-5-17(6-2)16(19)10-9-15(18)14-11-12(3)7-8-13(14)4/h7-8,11H,5-6,9-10H2,1-4H3. The molecular weight excluding hydrogens is 238 g/mol. The predicted molar refractivity (Wildman–Crippen MR) is 77.4 cm³/mol. The molecule has 0 heterocycles. The van der Waals surface area contributed by atoms with Crippen molar-refractivity contribution in [3.63, 3.8) is 0 Å². The Balaban J connectivity index is 2.65. The summed E-state index contributed by atoms with van der Waals surface area (Å²) in [6, 6.07) is 5.85. The average Bonchev–Trinajstić information content (AvgIpc) is 2.40. The highest BCUT2D eigenvalue weighted by atomic mass is 16.2. The molecule has 0 N–H and O–H groups in total. The summed E-state index contributed by atoms with van der Waals surface area (Å²) in [5.74, 6) is 0.116. The lowest BCUT2D eigenvalue weighted by atomic mass is 9.99. The molecule has 0 radical (unpaired) electrons. The molecule has 1 rings (SSSR count). The van der Waals surface area contributed by atoms with E-state index in [-0.39, 0.29) is 11.7 Å². The third-order valence-electron chi connectivity index (χ3n) is 3.38. The van der Waals surface area contributed by atoms with Crippen molar-refractivity contribution in [1.82, 2.24) is 4.90 Å². The number of carbonyl (C=O) groups is 2. The van der Waals surface area contributed by atoms with Gasteiger partial charge in [-0.1, -0.05) is 17.7 Å². The van der Waals surface area contributed by atoms with Crippen LogP contribution in [0.5, 0.6) is 0 Å². The monoisotopic (exact) mass is 261 g/mol. The van der Waals surface area contributed by atoms with E-state index in [1.807, 2.05) is 45.9 Å². The van der Waals surface area contributed by atoms with Crippen LogP contribution in [0.15, 0.2) is 18.2 Å². The first-order chi connectivity index (χ1) is 8.99. The quantitative estimate of drug-likeness (QED) is 0.738. The molecule has 1 aromatic rings. The number of carbonyl (C=O) groups excluding carboxylic acids is 2. The summed E-state index contributed by atoms with van der Waals surface area (Å²) in [4.78, 5) is 25.8. The van der Waals surface area contributed by atoms with Crippen LogP contribution in [0.1, 0.15) is 48.2 Å². The molecule has 0 saturated heterocycles. The van der Waals surface area contributed by atoms with Gasteiger partial charge in [-0.3, -0.25) is 9.59 Å². The molecule has 3 heteroatoms. The van der Waals surface area contributed by atoms with Gasteiger partial charge >= 0.3 is 0 Å². The Labute approximate surface area is 115 Å². The van der Waals surface area contributed by atoms with Gasteiger partial charge in [0, 0.05) is 31.5 Å². The summed E-state index contributed by atoms with van der Waals surface area (Å²) < 4.78 is 0. The van der Waals surface area contributed by atoms with Gasteiger partial charge in [0.15, 0.2) is 5.78 Å². The zero-order valence-electron chi connectivity index (χ0n) is 12.3. The average molecular weight is 261 g/mol. The molecule has 0 aliphatic heterocycles. The molecule has 104 valence electrons. The van der Waals surface area contributed by atoms with E-state index in [0.29, 0.717) is 25.9 Å². The maximum absolute atomic E-state index is 12.2. The highest BCUT2D eigenvalue weighted by Crippen LogP contribution is 2.14. The van der Waals surface area contributed by atoms with Crippen LogP contribution in [0.3, 0.4) is 0 Å². The van der Waals surface area contributed by atoms with Gasteiger partial charge in [0.2, 0.25) is 5.91 Å². The highest BCUT2D eigenvalue weighted by molar-refractivity contribution is 5.99. The van der Waals surface area contributed by atoms with Crippen molar-refractivity contribution in [1.29, 1.82) is 0 Å². The Morgan fingerprint density at radius 2 is 1.68 bits per heavy atom. The van der Waals surface area contributed by atoms with Crippen molar-refractivity contribution in [2.24, 2.45) is 0 Å². The molecule has 19 heavy (non-hydrogen) atoms. The number of nitrogens with zero attached hydrogens (tertiary/aromatic N) is 1. The second-order valence-corrected chi connectivity index (χ2v) is 4.81. The van der Waals surface area contributed by atoms with Crippen LogP contribution in [0.25, 0.3) is 0 Å². The van der Waals surface area contributed by atoms with Gasteiger partial charge in [-0.15, -0.1) is 0 Å². The van der Waals surface area contributed by atoms with Crippen LogP contribution in [-0.2, 0) is 4.79 Å². The number of benzene rings is 1. The van der Waals surface area contributed by atoms with Gasteiger partial charge in [0.05, 0.1) is 0 Å². The van der Waals surface area contributed by atoms with Gasteiger partial charge in [-0.2, -0.15) is 0 Å². The molecule has 0 spiro atoms. The Hall–Kier alpha value is -1.64. The van der Waals surface area contributed by atoms with Crippen molar-refractivity contribution < 1.29 is 9.59 Å². The molecule has 0 unspecified atom stereocenters. The fourth-order valence-electron chi connectivity index (χ4n) is 2.13. The SMILES string of the molecule is CCN(CC)C(=O)CCC(=O)c1cc(C)ccc1C. The molecule has 0 aliphatic carbocycles. The minimum Gasteiger partial charge on any atom is -0.343 e. The van der Waals surface area contributed by atoms with Gasteiger partial charge in [0.1, 0.15) is 0 Å². The first kappa shape index (κ1) is 15.4. The zero-order valence-corrected chi connectivity index (χ0v) is 12.3. The van der Waals surface area contributed by atoms with E-state index in [2.05, 4.69) is 0 Å². The Bertz CT molecular complexity index is 462.